The van der Waals surface area contributed by atoms with E-state index in [1.54, 1.807) is 20.8 Å². The zero-order chi connectivity index (χ0) is 19.6. The van der Waals surface area contributed by atoms with Gasteiger partial charge in [0.15, 0.2) is 5.88 Å². The first kappa shape index (κ1) is 24.7. The Bertz CT molecular complexity index is 427. The van der Waals surface area contributed by atoms with Crippen molar-refractivity contribution in [3.63, 3.8) is 0 Å². The molecule has 0 radical (unpaired) electrons. The van der Waals surface area contributed by atoms with Crippen LogP contribution in [0.15, 0.2) is 17.0 Å². The SMILES string of the molecule is CCCC(C)(C)C(C)(C)O.CO/C(N)=C/C=N/C(=O)OC(C)(C)C. The van der Waals surface area contributed by atoms with Crippen LogP contribution in [0.25, 0.3) is 0 Å². The second kappa shape index (κ2) is 10.3. The van der Waals surface area contributed by atoms with Gasteiger partial charge in [-0.15, -0.1) is 0 Å². The average Bonchev–Trinajstić information content (AvgIpc) is 2.35. The zero-order valence-electron chi connectivity index (χ0n) is 16.8. The number of nitrogens with zero attached hydrogens (tertiary/aromatic N) is 1. The summed E-state index contributed by atoms with van der Waals surface area (Å²) in [5.41, 5.74) is 4.24. The van der Waals surface area contributed by atoms with E-state index >= 15 is 0 Å². The summed E-state index contributed by atoms with van der Waals surface area (Å²) in [6.07, 6.45) is 4.15. The third-order valence-electron chi connectivity index (χ3n) is 3.58. The first-order valence-corrected chi connectivity index (χ1v) is 8.15. The summed E-state index contributed by atoms with van der Waals surface area (Å²) in [4.78, 5) is 14.5. The summed E-state index contributed by atoms with van der Waals surface area (Å²) >= 11 is 0. The van der Waals surface area contributed by atoms with Crippen LogP contribution in [-0.2, 0) is 9.47 Å². The average molecular weight is 344 g/mol. The lowest BCUT2D eigenvalue weighted by Crippen LogP contribution is -2.38. The fraction of sp³-hybridized carbons (Fsp3) is 0.778. The third-order valence-corrected chi connectivity index (χ3v) is 3.58. The lowest BCUT2D eigenvalue weighted by molar-refractivity contribution is -0.0396. The van der Waals surface area contributed by atoms with Gasteiger partial charge in [-0.05, 0) is 46.5 Å². The molecule has 0 fully saturated rings. The van der Waals surface area contributed by atoms with E-state index in [1.807, 2.05) is 13.8 Å². The monoisotopic (exact) mass is 344 g/mol. The summed E-state index contributed by atoms with van der Waals surface area (Å²) in [5.74, 6) is 0.178. The minimum absolute atomic E-state index is 0.0434. The number of nitrogens with two attached hydrogens (primary N) is 1. The van der Waals surface area contributed by atoms with Crippen LogP contribution < -0.4 is 5.73 Å². The Labute approximate surface area is 147 Å². The van der Waals surface area contributed by atoms with Crippen LogP contribution in [0.5, 0.6) is 0 Å². The molecule has 0 spiro atoms. The first-order chi connectivity index (χ1) is 10.7. The molecule has 142 valence electrons. The molecule has 6 heteroatoms. The molecular formula is C18H36N2O4. The van der Waals surface area contributed by atoms with Crippen molar-refractivity contribution in [3.05, 3.63) is 12.0 Å². The molecule has 0 aromatic carbocycles. The van der Waals surface area contributed by atoms with E-state index in [4.69, 9.17) is 10.5 Å². The van der Waals surface area contributed by atoms with Gasteiger partial charge in [-0.25, -0.2) is 4.79 Å². The van der Waals surface area contributed by atoms with Crippen molar-refractivity contribution in [2.24, 2.45) is 16.1 Å². The van der Waals surface area contributed by atoms with E-state index < -0.39 is 17.3 Å². The molecule has 0 aliphatic heterocycles. The second-order valence-electron chi connectivity index (χ2n) is 7.72. The van der Waals surface area contributed by atoms with E-state index in [0.717, 1.165) is 12.8 Å². The number of methoxy groups -OCH3 is 1. The van der Waals surface area contributed by atoms with Gasteiger partial charge in [0.05, 0.1) is 12.7 Å². The normalized spacial score (nSPS) is 13.3. The highest BCUT2D eigenvalue weighted by Crippen LogP contribution is 2.34. The topological polar surface area (TPSA) is 94.1 Å². The molecule has 6 nitrogen and oxygen atoms in total. The fourth-order valence-electron chi connectivity index (χ4n) is 1.46. The number of aliphatic hydroxyl groups is 1. The number of aliphatic imine (C=N–C) groups is 1. The lowest BCUT2D eigenvalue weighted by Gasteiger charge is -2.37. The van der Waals surface area contributed by atoms with Crippen LogP contribution in [0, 0.1) is 5.41 Å². The van der Waals surface area contributed by atoms with Crippen molar-refractivity contribution in [1.29, 1.82) is 0 Å². The Morgan fingerprint density at radius 2 is 1.67 bits per heavy atom. The highest BCUT2D eigenvalue weighted by Gasteiger charge is 2.33. The van der Waals surface area contributed by atoms with Crippen molar-refractivity contribution in [1.82, 2.24) is 0 Å². The van der Waals surface area contributed by atoms with Crippen LogP contribution in [0.1, 0.15) is 68.2 Å². The highest BCUT2D eigenvalue weighted by molar-refractivity contribution is 5.84. The van der Waals surface area contributed by atoms with Crippen LogP contribution >= 0.6 is 0 Å². The van der Waals surface area contributed by atoms with E-state index in [1.165, 1.54) is 19.4 Å². The minimum Gasteiger partial charge on any atom is -0.483 e. The molecule has 0 heterocycles. The number of hydrogen-bond donors (Lipinski definition) is 2. The molecule has 0 bridgehead atoms. The Kier molecular flexibility index (Phi) is 10.6. The number of carbonyl (C=O) groups is 1. The van der Waals surface area contributed by atoms with Crippen molar-refractivity contribution >= 4 is 12.3 Å². The van der Waals surface area contributed by atoms with Gasteiger partial charge < -0.3 is 20.3 Å². The number of hydrogen-bond acceptors (Lipinski definition) is 5. The van der Waals surface area contributed by atoms with Crippen molar-refractivity contribution in [3.8, 4) is 0 Å². The largest absolute Gasteiger partial charge is 0.483 e. The molecule has 0 saturated heterocycles. The number of ether oxygens (including phenoxy) is 2. The van der Waals surface area contributed by atoms with Gasteiger partial charge in [-0.2, -0.15) is 4.99 Å². The van der Waals surface area contributed by atoms with Gasteiger partial charge in [0.25, 0.3) is 0 Å². The molecule has 0 aromatic heterocycles. The molecule has 0 unspecified atom stereocenters. The van der Waals surface area contributed by atoms with Gasteiger partial charge in [-0.1, -0.05) is 27.2 Å². The smallest absolute Gasteiger partial charge is 0.434 e. The Morgan fingerprint density at radius 1 is 1.17 bits per heavy atom. The predicted molar refractivity (Wildman–Crippen MR) is 99.0 cm³/mol. The third kappa shape index (κ3) is 12.9. The predicted octanol–water partition coefficient (Wildman–Crippen LogP) is 4.02. The second-order valence-corrected chi connectivity index (χ2v) is 7.72. The molecule has 0 aliphatic carbocycles. The van der Waals surface area contributed by atoms with Crippen LogP contribution in [0.3, 0.4) is 0 Å². The number of carbonyl (C=O) groups excluding carboxylic acids is 1. The molecule has 0 saturated carbocycles. The van der Waals surface area contributed by atoms with Gasteiger partial charge >= 0.3 is 6.09 Å². The number of amides is 1. The van der Waals surface area contributed by atoms with E-state index in [2.05, 4.69) is 30.5 Å². The van der Waals surface area contributed by atoms with Gasteiger partial charge in [-0.3, -0.25) is 0 Å². The van der Waals surface area contributed by atoms with Gasteiger partial charge in [0, 0.05) is 12.3 Å². The van der Waals surface area contributed by atoms with Crippen molar-refractivity contribution < 1.29 is 19.4 Å². The summed E-state index contributed by atoms with van der Waals surface area (Å²) in [7, 11) is 1.42. The molecule has 0 aromatic rings. The standard InChI is InChI=1S/C9H16N2O3.C9H20O/c1-9(2,3)14-8(12)11-6-5-7(10)13-4;1-6-7-8(2,3)9(4,5)10/h5-6H,10H2,1-4H3;10H,6-7H2,1-5H3/b7-5+,11-6+;. The maximum atomic E-state index is 11.0. The molecular weight excluding hydrogens is 308 g/mol. The van der Waals surface area contributed by atoms with Crippen LogP contribution in [-0.4, -0.2) is 35.7 Å². The minimum atomic E-state index is -0.655. The summed E-state index contributed by atoms with van der Waals surface area (Å²) in [6, 6.07) is 0. The Morgan fingerprint density at radius 3 is 1.96 bits per heavy atom. The van der Waals surface area contributed by atoms with E-state index in [0.29, 0.717) is 0 Å². The zero-order valence-corrected chi connectivity index (χ0v) is 16.8. The molecule has 24 heavy (non-hydrogen) atoms. The highest BCUT2D eigenvalue weighted by atomic mass is 16.6. The Balaban J connectivity index is 0. The molecule has 0 atom stereocenters. The summed E-state index contributed by atoms with van der Waals surface area (Å²) in [6.45, 7) is 15.4. The van der Waals surface area contributed by atoms with Crippen LogP contribution in [0.4, 0.5) is 4.79 Å². The summed E-state index contributed by atoms with van der Waals surface area (Å²) in [5, 5.41) is 9.68. The molecule has 0 rings (SSSR count). The molecule has 3 N–H and O–H groups in total. The lowest BCUT2D eigenvalue weighted by atomic mass is 9.74. The van der Waals surface area contributed by atoms with Gasteiger partial charge in [0.1, 0.15) is 5.60 Å². The number of rotatable bonds is 5. The fourth-order valence-corrected chi connectivity index (χ4v) is 1.46. The Hall–Kier alpha value is -1.56. The van der Waals surface area contributed by atoms with E-state index in [9.17, 15) is 9.90 Å². The quantitative estimate of drug-likeness (QED) is 0.580. The summed E-state index contributed by atoms with van der Waals surface area (Å²) < 4.78 is 9.53. The molecule has 1 amide bonds. The molecule has 0 aliphatic rings. The van der Waals surface area contributed by atoms with Crippen molar-refractivity contribution in [2.45, 2.75) is 79.4 Å². The maximum absolute atomic E-state index is 11.0. The number of allylic oxidation sites excluding steroid dienone is 1. The van der Waals surface area contributed by atoms with E-state index in [-0.39, 0.29) is 11.3 Å². The van der Waals surface area contributed by atoms with Crippen LogP contribution in [0.2, 0.25) is 0 Å². The van der Waals surface area contributed by atoms with Crippen molar-refractivity contribution in [2.75, 3.05) is 7.11 Å². The maximum Gasteiger partial charge on any atom is 0.434 e. The van der Waals surface area contributed by atoms with Gasteiger partial charge in [0.2, 0.25) is 0 Å². The first-order valence-electron chi connectivity index (χ1n) is 8.15.